The van der Waals surface area contributed by atoms with E-state index in [0.717, 1.165) is 32.1 Å². The van der Waals surface area contributed by atoms with E-state index < -0.39 is 11.5 Å². The Morgan fingerprint density at radius 3 is 2.60 bits per heavy atom. The van der Waals surface area contributed by atoms with Gasteiger partial charge in [0.05, 0.1) is 11.5 Å². The molecule has 3 rings (SSSR count). The minimum absolute atomic E-state index is 0.0886. The number of ether oxygens (including phenoxy) is 1. The summed E-state index contributed by atoms with van der Waals surface area (Å²) in [5, 5.41) is 10.00. The van der Waals surface area contributed by atoms with Crippen LogP contribution in [0.4, 0.5) is 0 Å². The smallest absolute Gasteiger partial charge is 0.311 e. The van der Waals surface area contributed by atoms with Crippen molar-refractivity contribution in [3.63, 3.8) is 0 Å². The minimum Gasteiger partial charge on any atom is -0.461 e. The number of hydrogen-bond acceptors (Lipinski definition) is 4. The van der Waals surface area contributed by atoms with Crippen molar-refractivity contribution in [3.8, 4) is 0 Å². The van der Waals surface area contributed by atoms with E-state index >= 15 is 0 Å². The summed E-state index contributed by atoms with van der Waals surface area (Å²) in [5.74, 6) is 1.79. The molecule has 7 atom stereocenters. The Bertz CT molecular complexity index is 704. The van der Waals surface area contributed by atoms with E-state index in [2.05, 4.69) is 32.1 Å². The first-order valence-electron chi connectivity index (χ1n) is 11.9. The average molecular weight is 417 g/mol. The Balaban J connectivity index is 1.76. The zero-order valence-corrected chi connectivity index (χ0v) is 19.4. The van der Waals surface area contributed by atoms with Gasteiger partial charge in [0.1, 0.15) is 11.9 Å². The largest absolute Gasteiger partial charge is 0.461 e. The highest BCUT2D eigenvalue weighted by atomic mass is 16.5. The van der Waals surface area contributed by atoms with Gasteiger partial charge in [-0.2, -0.15) is 0 Å². The average Bonchev–Trinajstić information content (AvgIpc) is 2.66. The molecule has 0 aromatic carbocycles. The summed E-state index contributed by atoms with van der Waals surface area (Å²) in [4.78, 5) is 24.8. The standard InChI is InChI=1S/C26H40O4/c1-6-26(4,5)25(29)30-23-12-16(2)11-19-9-7-17(3)22(24(19)23)10-8-18-13-20(27)15-21(28)14-18/h7,9,11,16-18,20,22-24,27H,6,8,10,12-15H2,1-5H3. The zero-order chi connectivity index (χ0) is 22.1. The number of carbonyl (C=O) groups excluding carboxylic acids is 2. The summed E-state index contributed by atoms with van der Waals surface area (Å²) in [6.07, 6.45) is 11.5. The molecule has 30 heavy (non-hydrogen) atoms. The molecule has 1 saturated carbocycles. The van der Waals surface area contributed by atoms with E-state index in [1.807, 2.05) is 20.8 Å². The molecule has 168 valence electrons. The molecule has 0 aliphatic heterocycles. The normalized spacial score (nSPS) is 36.8. The number of aliphatic hydroxyl groups is 1. The molecule has 0 radical (unpaired) electrons. The lowest BCUT2D eigenvalue weighted by atomic mass is 9.64. The van der Waals surface area contributed by atoms with E-state index in [1.54, 1.807) is 0 Å². The maximum absolute atomic E-state index is 12.9. The van der Waals surface area contributed by atoms with Crippen LogP contribution in [0.15, 0.2) is 23.8 Å². The van der Waals surface area contributed by atoms with Crippen molar-refractivity contribution in [2.45, 2.75) is 91.8 Å². The molecule has 7 unspecified atom stereocenters. The van der Waals surface area contributed by atoms with Crippen LogP contribution >= 0.6 is 0 Å². The molecule has 3 aliphatic rings. The van der Waals surface area contributed by atoms with Crippen molar-refractivity contribution in [1.29, 1.82) is 0 Å². The molecule has 4 heteroatoms. The fourth-order valence-electron chi connectivity index (χ4n) is 5.53. The Kier molecular flexibility index (Phi) is 7.27. The Labute approximate surface area is 182 Å². The molecule has 0 heterocycles. The fourth-order valence-corrected chi connectivity index (χ4v) is 5.53. The molecule has 3 aliphatic carbocycles. The summed E-state index contributed by atoms with van der Waals surface area (Å²) in [6.45, 7) is 10.4. The molecule has 0 spiro atoms. The molecule has 0 aromatic heterocycles. The molecule has 4 nitrogen and oxygen atoms in total. The third kappa shape index (κ3) is 5.25. The monoisotopic (exact) mass is 416 g/mol. The third-order valence-corrected chi connectivity index (χ3v) is 7.78. The lowest BCUT2D eigenvalue weighted by Gasteiger charge is -2.44. The minimum atomic E-state index is -0.476. The molecular formula is C26H40O4. The van der Waals surface area contributed by atoms with Crippen molar-refractivity contribution in [1.82, 2.24) is 0 Å². The lowest BCUT2D eigenvalue weighted by Crippen LogP contribution is -2.43. The van der Waals surface area contributed by atoms with Gasteiger partial charge in [0, 0.05) is 18.8 Å². The topological polar surface area (TPSA) is 63.6 Å². The van der Waals surface area contributed by atoms with Crippen LogP contribution in [0.1, 0.15) is 79.6 Å². The van der Waals surface area contributed by atoms with Crippen molar-refractivity contribution < 1.29 is 19.4 Å². The van der Waals surface area contributed by atoms with E-state index in [1.165, 1.54) is 5.57 Å². The van der Waals surface area contributed by atoms with Gasteiger partial charge in [-0.1, -0.05) is 39.0 Å². The van der Waals surface area contributed by atoms with Gasteiger partial charge in [-0.3, -0.25) is 9.59 Å². The van der Waals surface area contributed by atoms with Crippen LogP contribution in [-0.4, -0.2) is 29.1 Å². The third-order valence-electron chi connectivity index (χ3n) is 7.78. The fraction of sp³-hybridized carbons (Fsp3) is 0.769. The molecule has 1 N–H and O–H groups in total. The van der Waals surface area contributed by atoms with Crippen LogP contribution in [-0.2, 0) is 14.3 Å². The zero-order valence-electron chi connectivity index (χ0n) is 19.4. The number of Topliss-reactive ketones (excluding diaryl/α,β-unsaturated/α-hetero) is 1. The number of aliphatic hydroxyl groups excluding tert-OH is 1. The second kappa shape index (κ2) is 9.38. The van der Waals surface area contributed by atoms with Crippen molar-refractivity contribution in [3.05, 3.63) is 23.8 Å². The van der Waals surface area contributed by atoms with Gasteiger partial charge in [0.2, 0.25) is 0 Å². The van der Waals surface area contributed by atoms with Gasteiger partial charge in [0.25, 0.3) is 0 Å². The maximum atomic E-state index is 12.9. The van der Waals surface area contributed by atoms with E-state index in [9.17, 15) is 14.7 Å². The predicted octanol–water partition coefficient (Wildman–Crippen LogP) is 5.25. The van der Waals surface area contributed by atoms with E-state index in [4.69, 9.17) is 4.74 Å². The lowest BCUT2D eigenvalue weighted by molar-refractivity contribution is -0.164. The van der Waals surface area contributed by atoms with E-state index in [0.29, 0.717) is 30.6 Å². The number of rotatable bonds is 6. The van der Waals surface area contributed by atoms with Crippen LogP contribution in [0.3, 0.4) is 0 Å². The number of hydrogen-bond donors (Lipinski definition) is 1. The number of carbonyl (C=O) groups is 2. The van der Waals surface area contributed by atoms with Gasteiger partial charge in [0.15, 0.2) is 0 Å². The summed E-state index contributed by atoms with van der Waals surface area (Å²) in [5.41, 5.74) is 0.845. The summed E-state index contributed by atoms with van der Waals surface area (Å²) < 4.78 is 6.18. The molecule has 0 amide bonds. The molecule has 0 aromatic rings. The summed E-state index contributed by atoms with van der Waals surface area (Å²) in [6, 6.07) is 0. The highest BCUT2D eigenvalue weighted by Crippen LogP contribution is 2.46. The van der Waals surface area contributed by atoms with Crippen molar-refractivity contribution in [2.24, 2.45) is 35.0 Å². The number of esters is 1. The Morgan fingerprint density at radius 1 is 1.20 bits per heavy atom. The maximum Gasteiger partial charge on any atom is 0.311 e. The second-order valence-electron chi connectivity index (χ2n) is 10.7. The summed E-state index contributed by atoms with van der Waals surface area (Å²) in [7, 11) is 0. The molecular weight excluding hydrogens is 376 g/mol. The van der Waals surface area contributed by atoms with Crippen molar-refractivity contribution in [2.75, 3.05) is 0 Å². The van der Waals surface area contributed by atoms with Crippen molar-refractivity contribution >= 4 is 11.8 Å². The van der Waals surface area contributed by atoms with Crippen LogP contribution in [0.25, 0.3) is 0 Å². The summed E-state index contributed by atoms with van der Waals surface area (Å²) >= 11 is 0. The van der Waals surface area contributed by atoms with Gasteiger partial charge in [-0.05, 0) is 75.2 Å². The quantitative estimate of drug-likeness (QED) is 0.601. The van der Waals surface area contributed by atoms with Crippen LogP contribution in [0.2, 0.25) is 0 Å². The Morgan fingerprint density at radius 2 is 1.93 bits per heavy atom. The molecule has 0 bridgehead atoms. The first-order valence-corrected chi connectivity index (χ1v) is 11.9. The first kappa shape index (κ1) is 23.2. The highest BCUT2D eigenvalue weighted by molar-refractivity contribution is 5.79. The molecule has 0 saturated heterocycles. The van der Waals surface area contributed by atoms with Gasteiger partial charge < -0.3 is 9.84 Å². The molecule has 1 fully saturated rings. The van der Waals surface area contributed by atoms with Crippen LogP contribution in [0.5, 0.6) is 0 Å². The number of fused-ring (bicyclic) bond motifs is 1. The van der Waals surface area contributed by atoms with Gasteiger partial charge >= 0.3 is 5.97 Å². The second-order valence-corrected chi connectivity index (χ2v) is 10.7. The number of allylic oxidation sites excluding steroid dienone is 3. The highest BCUT2D eigenvalue weighted by Gasteiger charge is 2.43. The van der Waals surface area contributed by atoms with Crippen LogP contribution in [0, 0.1) is 35.0 Å². The van der Waals surface area contributed by atoms with Gasteiger partial charge in [-0.25, -0.2) is 0 Å². The van der Waals surface area contributed by atoms with Gasteiger partial charge in [-0.15, -0.1) is 0 Å². The van der Waals surface area contributed by atoms with E-state index in [-0.39, 0.29) is 29.7 Å². The number of ketones is 1. The predicted molar refractivity (Wildman–Crippen MR) is 119 cm³/mol. The SMILES string of the molecule is CCC(C)(C)C(=O)OC1CC(C)C=C2C=CC(C)C(CCC3CC(=O)CC(O)C3)C21. The van der Waals surface area contributed by atoms with Crippen LogP contribution < -0.4 is 0 Å². The Hall–Kier alpha value is -1.42. The first-order chi connectivity index (χ1) is 14.1.